The topological polar surface area (TPSA) is 97.1 Å². The fourth-order valence-electron chi connectivity index (χ4n) is 4.07. The number of hydrogen-bond acceptors (Lipinski definition) is 6. The quantitative estimate of drug-likeness (QED) is 0.404. The number of amides is 2. The molecule has 172 valence electrons. The van der Waals surface area contributed by atoms with E-state index in [1.54, 1.807) is 18.5 Å². The smallest absolute Gasteiger partial charge is 0.278 e. The molecule has 2 amide bonds. The van der Waals surface area contributed by atoms with Crippen molar-refractivity contribution >= 4 is 28.2 Å². The Morgan fingerprint density at radius 2 is 1.91 bits per heavy atom. The molecule has 1 aliphatic carbocycles. The van der Waals surface area contributed by atoms with Gasteiger partial charge >= 0.3 is 0 Å². The maximum atomic E-state index is 13.2. The first-order chi connectivity index (χ1) is 16.6. The molecule has 2 N–H and O–H groups in total. The number of rotatable bonds is 6. The van der Waals surface area contributed by atoms with Gasteiger partial charge in [-0.1, -0.05) is 41.1 Å². The summed E-state index contributed by atoms with van der Waals surface area (Å²) in [4.78, 5) is 31.5. The van der Waals surface area contributed by atoms with Crippen LogP contribution in [0, 0.1) is 6.92 Å². The molecule has 0 fully saturated rings. The maximum Gasteiger partial charge on any atom is 0.278 e. The summed E-state index contributed by atoms with van der Waals surface area (Å²) in [5.74, 6) is -0.0777. The van der Waals surface area contributed by atoms with E-state index in [0.29, 0.717) is 22.9 Å². The molecule has 1 aliphatic rings. The van der Waals surface area contributed by atoms with Crippen molar-refractivity contribution in [2.45, 2.75) is 39.2 Å². The standard InChI is InChI=1S/C26H24N4O3S/c1-16-8-10-18(11-9-16)21-13-20(30-33-21)24(31)29-26-23(19-6-2-3-7-22(19)34-26)25(32)28-15-17-5-4-12-27-14-17/h4-5,8-14H,2-3,6-7,15H2,1H3,(H,28,32)(H,29,31). The molecule has 0 unspecified atom stereocenters. The molecule has 0 bridgehead atoms. The average molecular weight is 473 g/mol. The third kappa shape index (κ3) is 4.63. The van der Waals surface area contributed by atoms with Crippen molar-refractivity contribution in [2.24, 2.45) is 0 Å². The summed E-state index contributed by atoms with van der Waals surface area (Å²) < 4.78 is 5.40. The van der Waals surface area contributed by atoms with Gasteiger partial charge in [0.1, 0.15) is 5.00 Å². The SMILES string of the molecule is Cc1ccc(-c2cc(C(=O)Nc3sc4c(c3C(=O)NCc3cccnc3)CCCC4)no2)cc1. The van der Waals surface area contributed by atoms with Gasteiger partial charge in [0.15, 0.2) is 11.5 Å². The Morgan fingerprint density at radius 1 is 1.09 bits per heavy atom. The highest BCUT2D eigenvalue weighted by Gasteiger charge is 2.27. The van der Waals surface area contributed by atoms with Crippen molar-refractivity contribution in [3.63, 3.8) is 0 Å². The van der Waals surface area contributed by atoms with Crippen LogP contribution >= 0.6 is 11.3 Å². The molecule has 7 nitrogen and oxygen atoms in total. The molecule has 3 aromatic heterocycles. The number of carbonyl (C=O) groups excluding carboxylic acids is 2. The minimum Gasteiger partial charge on any atom is -0.355 e. The lowest BCUT2D eigenvalue weighted by Crippen LogP contribution is -2.25. The van der Waals surface area contributed by atoms with Crippen LogP contribution in [0.15, 0.2) is 59.4 Å². The predicted octanol–water partition coefficient (Wildman–Crippen LogP) is 5.17. The van der Waals surface area contributed by atoms with Crippen LogP contribution in [-0.4, -0.2) is 22.0 Å². The molecular weight excluding hydrogens is 448 g/mol. The zero-order valence-electron chi connectivity index (χ0n) is 18.8. The van der Waals surface area contributed by atoms with Crippen LogP contribution in [-0.2, 0) is 19.4 Å². The van der Waals surface area contributed by atoms with Crippen LogP contribution in [0.2, 0.25) is 0 Å². The Morgan fingerprint density at radius 3 is 2.71 bits per heavy atom. The Balaban J connectivity index is 1.37. The van der Waals surface area contributed by atoms with Crippen molar-refractivity contribution in [3.05, 3.63) is 87.7 Å². The summed E-state index contributed by atoms with van der Waals surface area (Å²) in [5.41, 5.74) is 4.66. The number of hydrogen-bond donors (Lipinski definition) is 2. The number of nitrogens with one attached hydrogen (secondary N) is 2. The zero-order chi connectivity index (χ0) is 23.5. The van der Waals surface area contributed by atoms with Crippen LogP contribution in [0.3, 0.4) is 0 Å². The van der Waals surface area contributed by atoms with Gasteiger partial charge in [-0.25, -0.2) is 0 Å². The number of benzene rings is 1. The first-order valence-electron chi connectivity index (χ1n) is 11.3. The lowest BCUT2D eigenvalue weighted by Gasteiger charge is -2.13. The number of fused-ring (bicyclic) bond motifs is 1. The largest absolute Gasteiger partial charge is 0.355 e. The Hall–Kier alpha value is -3.78. The van der Waals surface area contributed by atoms with Crippen LogP contribution in [0.1, 0.15) is 55.3 Å². The third-order valence-electron chi connectivity index (χ3n) is 5.88. The summed E-state index contributed by atoms with van der Waals surface area (Å²) in [7, 11) is 0. The lowest BCUT2D eigenvalue weighted by molar-refractivity contribution is 0.0951. The summed E-state index contributed by atoms with van der Waals surface area (Å²) in [5, 5.41) is 10.4. The number of nitrogens with zero attached hydrogens (tertiary/aromatic N) is 2. The van der Waals surface area contributed by atoms with Crippen LogP contribution in [0.4, 0.5) is 5.00 Å². The van der Waals surface area contributed by atoms with Crippen LogP contribution in [0.25, 0.3) is 11.3 Å². The second-order valence-corrected chi connectivity index (χ2v) is 9.46. The Labute approximate surface area is 201 Å². The van der Waals surface area contributed by atoms with E-state index in [9.17, 15) is 9.59 Å². The van der Waals surface area contributed by atoms with Crippen molar-refractivity contribution in [3.8, 4) is 11.3 Å². The van der Waals surface area contributed by atoms with Crippen LogP contribution < -0.4 is 10.6 Å². The van der Waals surface area contributed by atoms with Crippen molar-refractivity contribution < 1.29 is 14.1 Å². The van der Waals surface area contributed by atoms with Gasteiger partial charge in [-0.2, -0.15) is 0 Å². The van der Waals surface area contributed by atoms with Crippen molar-refractivity contribution in [2.75, 3.05) is 5.32 Å². The molecule has 8 heteroatoms. The number of aromatic nitrogens is 2. The van der Waals surface area contributed by atoms with Crippen molar-refractivity contribution in [1.29, 1.82) is 0 Å². The number of thiophene rings is 1. The van der Waals surface area contributed by atoms with Crippen LogP contribution in [0.5, 0.6) is 0 Å². The maximum absolute atomic E-state index is 13.2. The monoisotopic (exact) mass is 472 g/mol. The van der Waals surface area contributed by atoms with Gasteiger partial charge in [-0.15, -0.1) is 11.3 Å². The molecule has 34 heavy (non-hydrogen) atoms. The second-order valence-electron chi connectivity index (χ2n) is 8.36. The molecule has 1 aromatic carbocycles. The Bertz CT molecular complexity index is 1330. The zero-order valence-corrected chi connectivity index (χ0v) is 19.6. The minimum atomic E-state index is -0.401. The highest BCUT2D eigenvalue weighted by molar-refractivity contribution is 7.17. The number of anilines is 1. The van der Waals surface area contributed by atoms with E-state index in [4.69, 9.17) is 4.52 Å². The van der Waals surface area contributed by atoms with E-state index < -0.39 is 5.91 Å². The van der Waals surface area contributed by atoms with Gasteiger partial charge < -0.3 is 15.2 Å². The van der Waals surface area contributed by atoms with E-state index in [1.807, 2.05) is 43.3 Å². The summed E-state index contributed by atoms with van der Waals surface area (Å²) in [6, 6.07) is 13.2. The number of aryl methyl sites for hydroxylation is 2. The third-order valence-corrected chi connectivity index (χ3v) is 7.09. The van der Waals surface area contributed by atoms with E-state index in [0.717, 1.165) is 52.8 Å². The molecule has 0 atom stereocenters. The highest BCUT2D eigenvalue weighted by atomic mass is 32.1. The molecular formula is C26H24N4O3S. The molecule has 0 spiro atoms. The fraction of sp³-hybridized carbons (Fsp3) is 0.231. The molecule has 0 saturated heterocycles. The first-order valence-corrected chi connectivity index (χ1v) is 12.1. The summed E-state index contributed by atoms with van der Waals surface area (Å²) >= 11 is 1.48. The second kappa shape index (κ2) is 9.61. The van der Waals surface area contributed by atoms with E-state index in [2.05, 4.69) is 20.8 Å². The summed E-state index contributed by atoms with van der Waals surface area (Å²) in [6.07, 6.45) is 7.29. The van der Waals surface area contributed by atoms with E-state index in [-0.39, 0.29) is 11.6 Å². The first kappa shape index (κ1) is 22.0. The van der Waals surface area contributed by atoms with E-state index in [1.165, 1.54) is 11.3 Å². The minimum absolute atomic E-state index is 0.170. The molecule has 5 rings (SSSR count). The predicted molar refractivity (Wildman–Crippen MR) is 131 cm³/mol. The van der Waals surface area contributed by atoms with Gasteiger partial charge in [0.2, 0.25) is 0 Å². The molecule has 4 aromatic rings. The molecule has 0 aliphatic heterocycles. The normalized spacial score (nSPS) is 12.7. The summed E-state index contributed by atoms with van der Waals surface area (Å²) in [6.45, 7) is 2.38. The lowest BCUT2D eigenvalue weighted by atomic mass is 9.95. The molecule has 0 saturated carbocycles. The van der Waals surface area contributed by atoms with Gasteiger partial charge in [0, 0.05) is 35.4 Å². The molecule has 3 heterocycles. The number of pyridine rings is 1. The molecule has 0 radical (unpaired) electrons. The highest BCUT2D eigenvalue weighted by Crippen LogP contribution is 2.38. The number of carbonyl (C=O) groups is 2. The average Bonchev–Trinajstić information content (AvgIpc) is 3.49. The van der Waals surface area contributed by atoms with Gasteiger partial charge in [-0.05, 0) is 49.8 Å². The van der Waals surface area contributed by atoms with Gasteiger partial charge in [0.25, 0.3) is 11.8 Å². The van der Waals surface area contributed by atoms with Crippen molar-refractivity contribution in [1.82, 2.24) is 15.5 Å². The van der Waals surface area contributed by atoms with E-state index >= 15 is 0 Å². The van der Waals surface area contributed by atoms with Gasteiger partial charge in [-0.3, -0.25) is 14.6 Å². The van der Waals surface area contributed by atoms with Gasteiger partial charge in [0.05, 0.1) is 5.56 Å². The fourth-order valence-corrected chi connectivity index (χ4v) is 5.35. The Kier molecular flexibility index (Phi) is 6.22.